The van der Waals surface area contributed by atoms with Gasteiger partial charge in [-0.05, 0) is 31.7 Å². The minimum Gasteiger partial charge on any atom is -0.373 e. The van der Waals surface area contributed by atoms with Gasteiger partial charge in [0.1, 0.15) is 0 Å². The maximum Gasteiger partial charge on any atom is 0.242 e. The Balaban J connectivity index is 1.62. The average Bonchev–Trinajstić information content (AvgIpc) is 2.94. The Labute approximate surface area is 143 Å². The van der Waals surface area contributed by atoms with E-state index in [-0.39, 0.29) is 30.0 Å². The molecule has 0 unspecified atom stereocenters. The summed E-state index contributed by atoms with van der Waals surface area (Å²) in [6.07, 6.45) is 2.98. The largest absolute Gasteiger partial charge is 0.373 e. The van der Waals surface area contributed by atoms with Crippen molar-refractivity contribution in [1.29, 1.82) is 0 Å². The fourth-order valence-corrected chi connectivity index (χ4v) is 3.84. The molecular weight excluding hydrogens is 304 g/mol. The van der Waals surface area contributed by atoms with Crippen LogP contribution in [0.4, 0.5) is 0 Å². The molecule has 5 heteroatoms. The molecule has 0 N–H and O–H groups in total. The third-order valence-electron chi connectivity index (χ3n) is 5.55. The first-order chi connectivity index (χ1) is 11.6. The van der Waals surface area contributed by atoms with E-state index in [0.717, 1.165) is 19.3 Å². The second kappa shape index (κ2) is 6.93. The minimum absolute atomic E-state index is 0.0508. The number of benzene rings is 1. The zero-order valence-corrected chi connectivity index (χ0v) is 14.5. The molecule has 1 aromatic rings. The van der Waals surface area contributed by atoms with Gasteiger partial charge in [0.25, 0.3) is 0 Å². The van der Waals surface area contributed by atoms with Crippen molar-refractivity contribution in [3.8, 4) is 0 Å². The summed E-state index contributed by atoms with van der Waals surface area (Å²) >= 11 is 0. The number of amides is 2. The molecule has 1 aromatic carbocycles. The zero-order valence-electron chi connectivity index (χ0n) is 14.5. The molecule has 0 aliphatic carbocycles. The van der Waals surface area contributed by atoms with Gasteiger partial charge in [-0.1, -0.05) is 30.3 Å². The van der Waals surface area contributed by atoms with Gasteiger partial charge in [-0.3, -0.25) is 9.59 Å². The number of ether oxygens (including phenoxy) is 1. The first-order valence-electron chi connectivity index (χ1n) is 8.74. The van der Waals surface area contributed by atoms with E-state index in [4.69, 9.17) is 4.74 Å². The van der Waals surface area contributed by atoms with Crippen LogP contribution in [0.1, 0.15) is 38.2 Å². The summed E-state index contributed by atoms with van der Waals surface area (Å²) in [5.41, 5.74) is 0.859. The van der Waals surface area contributed by atoms with Crippen LogP contribution >= 0.6 is 0 Å². The highest BCUT2D eigenvalue weighted by Gasteiger charge is 2.38. The molecule has 2 aliphatic heterocycles. The lowest BCUT2D eigenvalue weighted by atomic mass is 9.84. The molecule has 1 atom stereocenters. The molecule has 130 valence electrons. The molecule has 3 rings (SSSR count). The Morgan fingerprint density at radius 3 is 2.46 bits per heavy atom. The highest BCUT2D eigenvalue weighted by molar-refractivity contribution is 5.86. The smallest absolute Gasteiger partial charge is 0.242 e. The Morgan fingerprint density at radius 1 is 1.25 bits per heavy atom. The van der Waals surface area contributed by atoms with Crippen molar-refractivity contribution in [3.05, 3.63) is 35.9 Å². The number of hydrogen-bond acceptors (Lipinski definition) is 3. The average molecular weight is 330 g/mol. The van der Waals surface area contributed by atoms with Crippen molar-refractivity contribution in [2.45, 2.75) is 44.2 Å². The predicted octanol–water partition coefficient (Wildman–Crippen LogP) is 2.16. The number of carbonyl (C=O) groups excluding carboxylic acids is 2. The Hall–Kier alpha value is -1.88. The molecule has 0 bridgehead atoms. The molecule has 5 nitrogen and oxygen atoms in total. The fourth-order valence-electron chi connectivity index (χ4n) is 3.84. The number of hydrogen-bond donors (Lipinski definition) is 0. The summed E-state index contributed by atoms with van der Waals surface area (Å²) in [4.78, 5) is 28.0. The summed E-state index contributed by atoms with van der Waals surface area (Å²) in [5.74, 6) is 0.151. The molecule has 0 radical (unpaired) electrons. The van der Waals surface area contributed by atoms with Crippen LogP contribution < -0.4 is 0 Å². The molecule has 2 heterocycles. The van der Waals surface area contributed by atoms with Crippen molar-refractivity contribution in [2.75, 3.05) is 26.7 Å². The highest BCUT2D eigenvalue weighted by atomic mass is 16.5. The molecular formula is C19H26N2O3. The Bertz CT molecular complexity index is 594. The lowest BCUT2D eigenvalue weighted by Gasteiger charge is -2.41. The second-order valence-electron chi connectivity index (χ2n) is 6.85. The summed E-state index contributed by atoms with van der Waals surface area (Å²) < 4.78 is 5.86. The topological polar surface area (TPSA) is 49.9 Å². The van der Waals surface area contributed by atoms with Crippen LogP contribution in [-0.2, 0) is 19.9 Å². The van der Waals surface area contributed by atoms with Gasteiger partial charge in [0.2, 0.25) is 11.8 Å². The molecule has 2 aliphatic rings. The van der Waals surface area contributed by atoms with Crippen LogP contribution in [0.2, 0.25) is 0 Å². The molecule has 0 spiro atoms. The van der Waals surface area contributed by atoms with E-state index in [1.807, 2.05) is 30.0 Å². The first kappa shape index (κ1) is 17.0. The van der Waals surface area contributed by atoms with Crippen LogP contribution in [0.25, 0.3) is 0 Å². The van der Waals surface area contributed by atoms with Gasteiger partial charge >= 0.3 is 0 Å². The zero-order chi connectivity index (χ0) is 17.2. The van der Waals surface area contributed by atoms with Gasteiger partial charge in [-0.25, -0.2) is 0 Å². The Morgan fingerprint density at radius 2 is 1.92 bits per heavy atom. The van der Waals surface area contributed by atoms with Crippen LogP contribution in [-0.4, -0.2) is 54.4 Å². The number of carbonyl (C=O) groups is 2. The van der Waals surface area contributed by atoms with Gasteiger partial charge in [0.05, 0.1) is 12.1 Å². The maximum absolute atomic E-state index is 12.6. The number of piperidine rings is 1. The van der Waals surface area contributed by atoms with Crippen molar-refractivity contribution in [1.82, 2.24) is 9.80 Å². The van der Waals surface area contributed by atoms with Gasteiger partial charge in [-0.2, -0.15) is 0 Å². The van der Waals surface area contributed by atoms with Crippen LogP contribution in [0, 0.1) is 0 Å². The van der Waals surface area contributed by atoms with Crippen molar-refractivity contribution in [3.63, 3.8) is 0 Å². The molecule has 2 saturated heterocycles. The van der Waals surface area contributed by atoms with Gasteiger partial charge in [0, 0.05) is 32.7 Å². The third-order valence-corrected chi connectivity index (χ3v) is 5.55. The second-order valence-corrected chi connectivity index (χ2v) is 6.85. The van der Waals surface area contributed by atoms with E-state index in [1.54, 1.807) is 12.0 Å². The van der Waals surface area contributed by atoms with E-state index in [2.05, 4.69) is 12.1 Å². The summed E-state index contributed by atoms with van der Waals surface area (Å²) in [7, 11) is 1.75. The highest BCUT2D eigenvalue weighted by Crippen LogP contribution is 2.36. The summed E-state index contributed by atoms with van der Waals surface area (Å²) in [6.45, 7) is 3.56. The molecule has 2 amide bonds. The predicted molar refractivity (Wildman–Crippen MR) is 91.4 cm³/mol. The lowest BCUT2D eigenvalue weighted by Crippen LogP contribution is -2.49. The fraction of sp³-hybridized carbons (Fsp3) is 0.579. The van der Waals surface area contributed by atoms with E-state index in [1.165, 1.54) is 5.56 Å². The van der Waals surface area contributed by atoms with E-state index >= 15 is 0 Å². The minimum atomic E-state index is -0.311. The van der Waals surface area contributed by atoms with Crippen LogP contribution in [0.15, 0.2) is 30.3 Å². The quantitative estimate of drug-likeness (QED) is 0.850. The Kier molecular flexibility index (Phi) is 4.90. The monoisotopic (exact) mass is 330 g/mol. The summed E-state index contributed by atoms with van der Waals surface area (Å²) in [6, 6.07) is 10.4. The molecule has 0 saturated carbocycles. The van der Waals surface area contributed by atoms with E-state index in [0.29, 0.717) is 19.5 Å². The van der Waals surface area contributed by atoms with Gasteiger partial charge < -0.3 is 14.5 Å². The SMILES string of the molecule is COC1(c2ccccc2)CCN(C(=O)CN2C(=O)CC[C@@H]2C)CC1. The van der Waals surface area contributed by atoms with E-state index in [9.17, 15) is 9.59 Å². The van der Waals surface area contributed by atoms with Gasteiger partial charge in [-0.15, -0.1) is 0 Å². The number of likely N-dealkylation sites (tertiary alicyclic amines) is 2. The van der Waals surface area contributed by atoms with E-state index < -0.39 is 0 Å². The summed E-state index contributed by atoms with van der Waals surface area (Å²) in [5, 5.41) is 0. The van der Waals surface area contributed by atoms with Crippen LogP contribution in [0.3, 0.4) is 0 Å². The van der Waals surface area contributed by atoms with Crippen molar-refractivity contribution < 1.29 is 14.3 Å². The number of rotatable bonds is 4. The molecule has 24 heavy (non-hydrogen) atoms. The van der Waals surface area contributed by atoms with Crippen molar-refractivity contribution in [2.24, 2.45) is 0 Å². The lowest BCUT2D eigenvalue weighted by molar-refractivity contribution is -0.143. The first-order valence-corrected chi connectivity index (χ1v) is 8.74. The number of nitrogens with zero attached hydrogens (tertiary/aromatic N) is 2. The molecule has 0 aromatic heterocycles. The van der Waals surface area contributed by atoms with Crippen LogP contribution in [0.5, 0.6) is 0 Å². The molecule has 2 fully saturated rings. The van der Waals surface area contributed by atoms with Crippen molar-refractivity contribution >= 4 is 11.8 Å². The normalized spacial score (nSPS) is 23.6. The standard InChI is InChI=1S/C19H26N2O3/c1-15-8-9-17(22)21(15)14-18(23)20-12-10-19(24-2,11-13-20)16-6-4-3-5-7-16/h3-7,15H,8-14H2,1-2H3/t15-/m0/s1. The third kappa shape index (κ3) is 3.18. The van der Waals surface area contributed by atoms with Gasteiger partial charge in [0.15, 0.2) is 0 Å². The maximum atomic E-state index is 12.6. The number of methoxy groups -OCH3 is 1.